The van der Waals surface area contributed by atoms with Crippen LogP contribution in [0.4, 0.5) is 4.79 Å². The van der Waals surface area contributed by atoms with Gasteiger partial charge in [0.2, 0.25) is 0 Å². The Hall–Kier alpha value is -2.02. The van der Waals surface area contributed by atoms with Crippen LogP contribution < -0.4 is 5.32 Å². The smallest absolute Gasteiger partial charge is 0.404 e. The Labute approximate surface area is 88.2 Å². The van der Waals surface area contributed by atoms with Gasteiger partial charge in [0.15, 0.2) is 0 Å². The lowest BCUT2D eigenvalue weighted by Gasteiger charge is -2.10. The number of nitrogens with one attached hydrogen (secondary N) is 1. The molecule has 0 spiro atoms. The first-order valence-corrected chi connectivity index (χ1v) is 4.60. The summed E-state index contributed by atoms with van der Waals surface area (Å²) in [7, 11) is 0. The Balaban J connectivity index is 2.58. The minimum absolute atomic E-state index is 0.129. The topological polar surface area (TPSA) is 73.1 Å². The number of benzene rings is 1. The minimum atomic E-state index is -1.02. The molecule has 0 saturated heterocycles. The highest BCUT2D eigenvalue weighted by molar-refractivity contribution is 5.64. The summed E-state index contributed by atoms with van der Waals surface area (Å²) in [5.41, 5.74) is 1.62. The fourth-order valence-corrected chi connectivity index (χ4v) is 1.33. The van der Waals surface area contributed by atoms with Crippen LogP contribution in [0.1, 0.15) is 18.1 Å². The monoisotopic (exact) mass is 204 g/mol. The number of rotatable bonds is 3. The highest BCUT2D eigenvalue weighted by Gasteiger charge is 2.05. The molecule has 0 heterocycles. The second-order valence-electron chi connectivity index (χ2n) is 3.36. The molecule has 78 valence electrons. The van der Waals surface area contributed by atoms with E-state index in [2.05, 4.69) is 5.32 Å². The maximum absolute atomic E-state index is 10.3. The van der Waals surface area contributed by atoms with Crippen molar-refractivity contribution in [3.05, 3.63) is 35.4 Å². The summed E-state index contributed by atoms with van der Waals surface area (Å²) in [6, 6.07) is 9.01. The number of amides is 1. The summed E-state index contributed by atoms with van der Waals surface area (Å²) >= 11 is 0. The van der Waals surface area contributed by atoms with Crippen molar-refractivity contribution in [3.63, 3.8) is 0 Å². The van der Waals surface area contributed by atoms with E-state index in [0.29, 0.717) is 12.0 Å². The summed E-state index contributed by atoms with van der Waals surface area (Å²) in [6.07, 6.45) is -0.394. The fraction of sp³-hybridized carbons (Fsp3) is 0.273. The van der Waals surface area contributed by atoms with Crippen LogP contribution >= 0.6 is 0 Å². The summed E-state index contributed by atoms with van der Waals surface area (Å²) in [5, 5.41) is 19.5. The van der Waals surface area contributed by atoms with Crippen molar-refractivity contribution >= 4 is 6.09 Å². The molecule has 4 nitrogen and oxygen atoms in total. The lowest BCUT2D eigenvalue weighted by molar-refractivity contribution is 0.190. The van der Waals surface area contributed by atoms with Crippen molar-refractivity contribution in [2.75, 3.05) is 0 Å². The van der Waals surface area contributed by atoms with Crippen molar-refractivity contribution in [3.8, 4) is 6.07 Å². The maximum atomic E-state index is 10.3. The zero-order valence-electron chi connectivity index (χ0n) is 8.40. The van der Waals surface area contributed by atoms with E-state index in [4.69, 9.17) is 10.4 Å². The van der Waals surface area contributed by atoms with Gasteiger partial charge in [-0.2, -0.15) is 5.26 Å². The largest absolute Gasteiger partial charge is 0.465 e. The second kappa shape index (κ2) is 5.01. The molecule has 2 N–H and O–H groups in total. The third-order valence-corrected chi connectivity index (χ3v) is 1.99. The molecule has 1 aromatic rings. The van der Waals surface area contributed by atoms with Gasteiger partial charge in [-0.25, -0.2) is 4.79 Å². The van der Waals surface area contributed by atoms with Gasteiger partial charge in [-0.05, 0) is 31.0 Å². The van der Waals surface area contributed by atoms with Crippen LogP contribution in [-0.4, -0.2) is 17.2 Å². The van der Waals surface area contributed by atoms with E-state index in [-0.39, 0.29) is 6.04 Å². The molecule has 1 amide bonds. The predicted molar refractivity (Wildman–Crippen MR) is 55.5 cm³/mol. The highest BCUT2D eigenvalue weighted by Crippen LogP contribution is 2.06. The number of hydrogen-bond acceptors (Lipinski definition) is 2. The molecule has 0 aromatic heterocycles. The van der Waals surface area contributed by atoms with Gasteiger partial charge in [0.1, 0.15) is 0 Å². The van der Waals surface area contributed by atoms with Gasteiger partial charge in [-0.15, -0.1) is 0 Å². The van der Waals surface area contributed by atoms with E-state index in [0.717, 1.165) is 5.56 Å². The van der Waals surface area contributed by atoms with Crippen molar-refractivity contribution < 1.29 is 9.90 Å². The molecular weight excluding hydrogens is 192 g/mol. The Kier molecular flexibility index (Phi) is 3.69. The summed E-state index contributed by atoms with van der Waals surface area (Å²) < 4.78 is 0. The quantitative estimate of drug-likeness (QED) is 0.787. The summed E-state index contributed by atoms with van der Waals surface area (Å²) in [6.45, 7) is 1.80. The number of nitriles is 1. The average Bonchev–Trinajstić information content (AvgIpc) is 2.17. The Morgan fingerprint density at radius 2 is 2.13 bits per heavy atom. The second-order valence-corrected chi connectivity index (χ2v) is 3.36. The molecular formula is C11H12N2O2. The summed E-state index contributed by atoms with van der Waals surface area (Å²) in [4.78, 5) is 10.3. The Morgan fingerprint density at radius 3 is 2.60 bits per heavy atom. The van der Waals surface area contributed by atoms with E-state index in [1.54, 1.807) is 19.1 Å². The Bertz CT molecular complexity index is 379. The predicted octanol–water partition coefficient (Wildman–Crippen LogP) is 1.76. The summed E-state index contributed by atoms with van der Waals surface area (Å²) in [5.74, 6) is 0. The SMILES string of the molecule is CC(Cc1ccc(C#N)cc1)NC(=O)O. The first kappa shape index (κ1) is 11.1. The van der Waals surface area contributed by atoms with Gasteiger partial charge in [0.05, 0.1) is 11.6 Å². The lowest BCUT2D eigenvalue weighted by Crippen LogP contribution is -2.32. The molecule has 0 saturated carbocycles. The molecule has 1 atom stereocenters. The van der Waals surface area contributed by atoms with Crippen molar-refractivity contribution in [1.82, 2.24) is 5.32 Å². The molecule has 0 fully saturated rings. The van der Waals surface area contributed by atoms with Crippen LogP contribution in [0.2, 0.25) is 0 Å². The van der Waals surface area contributed by atoms with E-state index in [9.17, 15) is 4.79 Å². The molecule has 0 radical (unpaired) electrons. The first-order chi connectivity index (χ1) is 7.11. The van der Waals surface area contributed by atoms with Crippen LogP contribution in [0.3, 0.4) is 0 Å². The molecule has 1 aromatic carbocycles. The molecule has 0 aliphatic heterocycles. The number of carboxylic acid groups (broad SMARTS) is 1. The number of nitrogens with zero attached hydrogens (tertiary/aromatic N) is 1. The molecule has 0 aliphatic carbocycles. The third kappa shape index (κ3) is 3.69. The van der Waals surface area contributed by atoms with Gasteiger partial charge in [0, 0.05) is 6.04 Å². The average molecular weight is 204 g/mol. The van der Waals surface area contributed by atoms with Crippen LogP contribution in [0, 0.1) is 11.3 Å². The normalized spacial score (nSPS) is 11.5. The number of hydrogen-bond donors (Lipinski definition) is 2. The lowest BCUT2D eigenvalue weighted by atomic mass is 10.1. The van der Waals surface area contributed by atoms with E-state index in [1.807, 2.05) is 18.2 Å². The van der Waals surface area contributed by atoms with Gasteiger partial charge in [-0.3, -0.25) is 0 Å². The third-order valence-electron chi connectivity index (χ3n) is 1.99. The molecule has 0 bridgehead atoms. The number of carbonyl (C=O) groups is 1. The molecule has 1 rings (SSSR count). The first-order valence-electron chi connectivity index (χ1n) is 4.60. The van der Waals surface area contributed by atoms with Gasteiger partial charge >= 0.3 is 6.09 Å². The van der Waals surface area contributed by atoms with Gasteiger partial charge < -0.3 is 10.4 Å². The zero-order chi connectivity index (χ0) is 11.3. The van der Waals surface area contributed by atoms with Crippen LogP contribution in [0.25, 0.3) is 0 Å². The highest BCUT2D eigenvalue weighted by atomic mass is 16.4. The fourth-order valence-electron chi connectivity index (χ4n) is 1.33. The molecule has 0 aliphatic rings. The molecule has 15 heavy (non-hydrogen) atoms. The van der Waals surface area contributed by atoms with Crippen molar-refractivity contribution in [2.45, 2.75) is 19.4 Å². The zero-order valence-corrected chi connectivity index (χ0v) is 8.40. The van der Waals surface area contributed by atoms with E-state index < -0.39 is 6.09 Å². The maximum Gasteiger partial charge on any atom is 0.404 e. The Morgan fingerprint density at radius 1 is 1.53 bits per heavy atom. The van der Waals surface area contributed by atoms with Crippen molar-refractivity contribution in [1.29, 1.82) is 5.26 Å². The van der Waals surface area contributed by atoms with E-state index >= 15 is 0 Å². The van der Waals surface area contributed by atoms with Crippen LogP contribution in [0.5, 0.6) is 0 Å². The van der Waals surface area contributed by atoms with Crippen LogP contribution in [0.15, 0.2) is 24.3 Å². The minimum Gasteiger partial charge on any atom is -0.465 e. The molecule has 4 heteroatoms. The van der Waals surface area contributed by atoms with Crippen LogP contribution in [-0.2, 0) is 6.42 Å². The van der Waals surface area contributed by atoms with Crippen molar-refractivity contribution in [2.24, 2.45) is 0 Å². The van der Waals surface area contributed by atoms with Gasteiger partial charge in [-0.1, -0.05) is 12.1 Å². The molecule has 1 unspecified atom stereocenters. The van der Waals surface area contributed by atoms with Gasteiger partial charge in [0.25, 0.3) is 0 Å². The van der Waals surface area contributed by atoms with E-state index in [1.165, 1.54) is 0 Å². The standard InChI is InChI=1S/C11H12N2O2/c1-8(13-11(14)15)6-9-2-4-10(7-12)5-3-9/h2-5,8,13H,6H2,1H3,(H,14,15).